The van der Waals surface area contributed by atoms with Gasteiger partial charge in [-0.05, 0) is 30.5 Å². The summed E-state index contributed by atoms with van der Waals surface area (Å²) >= 11 is 0. The number of hydrogen-bond donors (Lipinski definition) is 2. The number of rotatable bonds is 2. The SMILES string of the molecule is O=C1NC(=O)C(c2c[nH]c3cccc(F)c23)=C1c1cn2c3c(cccc13)CCC2. The van der Waals surface area contributed by atoms with E-state index in [0.29, 0.717) is 27.6 Å². The van der Waals surface area contributed by atoms with Crippen LogP contribution in [0, 0.1) is 5.82 Å². The molecule has 0 unspecified atom stereocenters. The summed E-state index contributed by atoms with van der Waals surface area (Å²) in [6.45, 7) is 0.868. The predicted octanol–water partition coefficient (Wildman–Crippen LogP) is 3.78. The zero-order valence-electron chi connectivity index (χ0n) is 15.4. The topological polar surface area (TPSA) is 66.9 Å². The van der Waals surface area contributed by atoms with Crippen LogP contribution in [0.3, 0.4) is 0 Å². The highest BCUT2D eigenvalue weighted by atomic mass is 19.1. The summed E-state index contributed by atoms with van der Waals surface area (Å²) in [5.41, 5.74) is 4.58. The minimum absolute atomic E-state index is 0.218. The Balaban J connectivity index is 1.70. The molecule has 0 saturated heterocycles. The number of nitrogens with zero attached hydrogens (tertiary/aromatic N) is 1. The first kappa shape index (κ1) is 16.3. The van der Waals surface area contributed by atoms with Crippen molar-refractivity contribution in [1.82, 2.24) is 14.9 Å². The number of benzene rings is 2. The largest absolute Gasteiger partial charge is 0.360 e. The molecule has 2 N–H and O–H groups in total. The summed E-state index contributed by atoms with van der Waals surface area (Å²) < 4.78 is 16.7. The van der Waals surface area contributed by atoms with Crippen molar-refractivity contribution in [3.63, 3.8) is 0 Å². The fourth-order valence-corrected chi connectivity index (χ4v) is 4.76. The highest BCUT2D eigenvalue weighted by Gasteiger charge is 2.35. The maximum atomic E-state index is 14.6. The van der Waals surface area contributed by atoms with Gasteiger partial charge in [0.15, 0.2) is 0 Å². The predicted molar refractivity (Wildman–Crippen MR) is 108 cm³/mol. The number of fused-ring (bicyclic) bond motifs is 1. The van der Waals surface area contributed by atoms with Gasteiger partial charge >= 0.3 is 0 Å². The Bertz CT molecular complexity index is 1410. The summed E-state index contributed by atoms with van der Waals surface area (Å²) in [4.78, 5) is 28.6. The van der Waals surface area contributed by atoms with Crippen molar-refractivity contribution in [2.75, 3.05) is 0 Å². The van der Waals surface area contributed by atoms with Crippen molar-refractivity contribution in [2.45, 2.75) is 19.4 Å². The van der Waals surface area contributed by atoms with Gasteiger partial charge < -0.3 is 9.55 Å². The minimum Gasteiger partial charge on any atom is -0.360 e. The van der Waals surface area contributed by atoms with Crippen molar-refractivity contribution in [3.05, 3.63) is 71.3 Å². The molecule has 2 amide bonds. The van der Waals surface area contributed by atoms with Gasteiger partial charge in [0.25, 0.3) is 11.8 Å². The van der Waals surface area contributed by atoms with E-state index in [2.05, 4.69) is 20.9 Å². The van der Waals surface area contributed by atoms with E-state index in [4.69, 9.17) is 0 Å². The Morgan fingerprint density at radius 2 is 1.76 bits per heavy atom. The summed E-state index contributed by atoms with van der Waals surface area (Å²) in [5, 5.41) is 3.68. The lowest BCUT2D eigenvalue weighted by Gasteiger charge is -2.14. The van der Waals surface area contributed by atoms with Crippen molar-refractivity contribution in [2.24, 2.45) is 0 Å². The van der Waals surface area contributed by atoms with Crippen LogP contribution in [0.5, 0.6) is 0 Å². The number of hydrogen-bond acceptors (Lipinski definition) is 2. The number of carbonyl (C=O) groups excluding carboxylic acids is 2. The molecule has 2 aromatic carbocycles. The van der Waals surface area contributed by atoms with E-state index < -0.39 is 17.6 Å². The molecule has 0 radical (unpaired) electrons. The first-order valence-corrected chi connectivity index (χ1v) is 9.60. The zero-order valence-corrected chi connectivity index (χ0v) is 15.4. The maximum Gasteiger partial charge on any atom is 0.259 e. The molecule has 4 heterocycles. The molecule has 2 aliphatic rings. The summed E-state index contributed by atoms with van der Waals surface area (Å²) in [7, 11) is 0. The normalized spacial score (nSPS) is 16.3. The van der Waals surface area contributed by atoms with Crippen LogP contribution in [-0.4, -0.2) is 21.4 Å². The number of aryl methyl sites for hydroxylation is 2. The lowest BCUT2D eigenvalue weighted by molar-refractivity contribution is -0.122. The van der Waals surface area contributed by atoms with Crippen LogP contribution in [-0.2, 0) is 22.6 Å². The maximum absolute atomic E-state index is 14.6. The van der Waals surface area contributed by atoms with Crippen LogP contribution >= 0.6 is 0 Å². The van der Waals surface area contributed by atoms with E-state index in [0.717, 1.165) is 30.3 Å². The van der Waals surface area contributed by atoms with Gasteiger partial charge in [-0.1, -0.05) is 24.3 Å². The van der Waals surface area contributed by atoms with Gasteiger partial charge in [-0.2, -0.15) is 0 Å². The van der Waals surface area contributed by atoms with Crippen molar-refractivity contribution >= 4 is 44.8 Å². The molecule has 0 atom stereocenters. The van der Waals surface area contributed by atoms with E-state index in [-0.39, 0.29) is 5.57 Å². The van der Waals surface area contributed by atoms with Gasteiger partial charge in [-0.15, -0.1) is 0 Å². The number of carbonyl (C=O) groups is 2. The Labute approximate surface area is 164 Å². The standard InChI is InChI=1S/C23H16FN3O2/c24-16-7-2-8-17-18(16)14(10-25-17)19-20(23(29)26-22(19)28)15-11-27-9-3-5-12-4-1-6-13(15)21(12)27/h1-2,4,6-8,10-11,25H,3,5,9H2,(H,26,28,29). The molecule has 6 heteroatoms. The van der Waals surface area contributed by atoms with Crippen molar-refractivity contribution < 1.29 is 14.0 Å². The quantitative estimate of drug-likeness (QED) is 0.516. The zero-order chi connectivity index (χ0) is 19.7. The Hall–Kier alpha value is -3.67. The van der Waals surface area contributed by atoms with E-state index in [9.17, 15) is 14.0 Å². The van der Waals surface area contributed by atoms with Crippen LogP contribution < -0.4 is 5.32 Å². The van der Waals surface area contributed by atoms with Gasteiger partial charge in [0.2, 0.25) is 0 Å². The number of nitrogens with one attached hydrogen (secondary N) is 2. The summed E-state index contributed by atoms with van der Waals surface area (Å²) in [5.74, 6) is -1.37. The lowest BCUT2D eigenvalue weighted by atomic mass is 9.94. The second-order valence-corrected chi connectivity index (χ2v) is 7.55. The van der Waals surface area contributed by atoms with E-state index in [1.54, 1.807) is 18.3 Å². The van der Waals surface area contributed by atoms with Crippen molar-refractivity contribution in [3.8, 4) is 0 Å². The second-order valence-electron chi connectivity index (χ2n) is 7.55. The Kier molecular flexibility index (Phi) is 3.19. The highest BCUT2D eigenvalue weighted by molar-refractivity contribution is 6.50. The number of aromatic nitrogens is 2. The van der Waals surface area contributed by atoms with Crippen LogP contribution in [0.25, 0.3) is 33.0 Å². The van der Waals surface area contributed by atoms with Gasteiger partial charge in [0, 0.05) is 46.4 Å². The number of imide groups is 1. The average molecular weight is 385 g/mol. The molecule has 4 aromatic rings. The number of aromatic amines is 1. The fourth-order valence-electron chi connectivity index (χ4n) is 4.76. The molecule has 0 fully saturated rings. The molecule has 0 bridgehead atoms. The lowest BCUT2D eigenvalue weighted by Crippen LogP contribution is -2.22. The van der Waals surface area contributed by atoms with Gasteiger partial charge in [-0.3, -0.25) is 14.9 Å². The monoisotopic (exact) mass is 385 g/mol. The number of H-pyrrole nitrogens is 1. The van der Waals surface area contributed by atoms with E-state index in [1.165, 1.54) is 11.6 Å². The molecular formula is C23H16FN3O2. The molecule has 2 aromatic heterocycles. The summed E-state index contributed by atoms with van der Waals surface area (Å²) in [6.07, 6.45) is 5.58. The van der Waals surface area contributed by atoms with Gasteiger partial charge in [0.1, 0.15) is 5.82 Å². The summed E-state index contributed by atoms with van der Waals surface area (Å²) in [6, 6.07) is 10.8. The third-order valence-electron chi connectivity index (χ3n) is 5.95. The average Bonchev–Trinajstić information content (AvgIpc) is 3.37. The Morgan fingerprint density at radius 3 is 2.62 bits per heavy atom. The smallest absolute Gasteiger partial charge is 0.259 e. The van der Waals surface area contributed by atoms with Crippen LogP contribution in [0.15, 0.2) is 48.8 Å². The number of amides is 2. The molecular weight excluding hydrogens is 369 g/mol. The van der Waals surface area contributed by atoms with Gasteiger partial charge in [-0.25, -0.2) is 4.39 Å². The Morgan fingerprint density at radius 1 is 0.966 bits per heavy atom. The third kappa shape index (κ3) is 2.14. The van der Waals surface area contributed by atoms with Crippen LogP contribution in [0.1, 0.15) is 23.1 Å². The molecule has 6 rings (SSSR count). The number of halogens is 1. The third-order valence-corrected chi connectivity index (χ3v) is 5.95. The molecule has 5 nitrogen and oxygen atoms in total. The van der Waals surface area contributed by atoms with Crippen LogP contribution in [0.4, 0.5) is 4.39 Å². The van der Waals surface area contributed by atoms with E-state index >= 15 is 0 Å². The molecule has 2 aliphatic heterocycles. The first-order chi connectivity index (χ1) is 14.1. The molecule has 29 heavy (non-hydrogen) atoms. The van der Waals surface area contributed by atoms with E-state index in [1.807, 2.05) is 18.3 Å². The fraction of sp³-hybridized carbons (Fsp3) is 0.130. The highest BCUT2D eigenvalue weighted by Crippen LogP contribution is 2.40. The number of para-hydroxylation sites is 1. The van der Waals surface area contributed by atoms with Crippen LogP contribution in [0.2, 0.25) is 0 Å². The first-order valence-electron chi connectivity index (χ1n) is 9.60. The second kappa shape index (κ2) is 5.67. The van der Waals surface area contributed by atoms with Crippen molar-refractivity contribution in [1.29, 1.82) is 0 Å². The molecule has 142 valence electrons. The molecule has 0 saturated carbocycles. The molecule has 0 spiro atoms. The van der Waals surface area contributed by atoms with Gasteiger partial charge in [0.05, 0.1) is 16.7 Å². The minimum atomic E-state index is -0.499. The molecule has 0 aliphatic carbocycles.